The first kappa shape index (κ1) is 39.7. The molecular weight excluding hydrogens is 701 g/mol. The van der Waals surface area contributed by atoms with Crippen LogP contribution in [0.4, 0.5) is 0 Å². The summed E-state index contributed by atoms with van der Waals surface area (Å²) < 4.78 is 82.8. The molecule has 1 amide bonds. The SMILES string of the molecule is CN(C)CCNC(=O)c1ccc2c(c1)C(=O)OC21c2cc(Cl)[c-]cc2Oc2cc(OS(=O)(=O)[O-])c(Cl)cc21.O=S(=O)([O-])O.[Na+].[Na+]. The molecule has 1 unspecified atom stereocenters. The standard InChI is InChI=1S/C25H19Cl2N2O8S.2Na.H2O4S/c1-29(2)8-7-28-23(30)13-3-5-16-15(9-13)24(31)36-25(16)17-10-14(26)4-6-20(17)35-21-12-22(37-38(32,33)34)19(27)11-18(21)25;;;1-5(2,3)4/h3,5-6,9-12H,7-8H2,1-2H3,(H,28,30)(H,32,33,34);;;(H2,1,2,3,4)/q-1;2*+1;/p-2. The Labute approximate surface area is 312 Å². The number of fused-ring (bicyclic) bond motifs is 6. The molecule has 230 valence electrons. The van der Waals surface area contributed by atoms with Gasteiger partial charge in [0.2, 0.25) is 10.4 Å². The largest absolute Gasteiger partial charge is 1.00 e. The average molecular weight is 720 g/mol. The molecule has 1 spiro atoms. The number of halogens is 2. The fourth-order valence-corrected chi connectivity index (χ4v) is 5.22. The van der Waals surface area contributed by atoms with Gasteiger partial charge in [-0.05, 0) is 32.3 Å². The molecule has 20 heteroatoms. The van der Waals surface area contributed by atoms with Gasteiger partial charge in [0.15, 0.2) is 11.4 Å². The van der Waals surface area contributed by atoms with E-state index in [9.17, 15) is 22.6 Å². The van der Waals surface area contributed by atoms with E-state index in [0.29, 0.717) is 24.2 Å². The van der Waals surface area contributed by atoms with Crippen LogP contribution in [0.1, 0.15) is 37.4 Å². The minimum atomic E-state index is -5.14. The molecule has 0 bridgehead atoms. The summed E-state index contributed by atoms with van der Waals surface area (Å²) in [6.07, 6.45) is 0. The quantitative estimate of drug-likeness (QED) is 0.0834. The van der Waals surface area contributed by atoms with E-state index in [1.807, 2.05) is 19.0 Å². The van der Waals surface area contributed by atoms with Crippen molar-refractivity contribution in [2.75, 3.05) is 27.2 Å². The molecule has 5 rings (SSSR count). The molecular formula is C25H19Cl2N2Na2O12S2-. The van der Waals surface area contributed by atoms with Gasteiger partial charge >= 0.3 is 65.1 Å². The summed E-state index contributed by atoms with van der Waals surface area (Å²) in [5, 5.41) is 2.76. The molecule has 0 aliphatic carbocycles. The van der Waals surface area contributed by atoms with E-state index in [-0.39, 0.29) is 103 Å². The fraction of sp³-hybridized carbons (Fsp3) is 0.200. The predicted octanol–water partition coefficient (Wildman–Crippen LogP) is -3.50. The molecule has 0 fully saturated rings. The van der Waals surface area contributed by atoms with Gasteiger partial charge in [-0.3, -0.25) is 9.35 Å². The Balaban J connectivity index is 0.000000935. The molecule has 3 aromatic rings. The van der Waals surface area contributed by atoms with Crippen molar-refractivity contribution in [3.8, 4) is 17.2 Å². The molecule has 3 aromatic carbocycles. The van der Waals surface area contributed by atoms with Gasteiger partial charge in [-0.15, -0.1) is 23.7 Å². The number of nitrogens with one attached hydrogen (secondary N) is 1. The summed E-state index contributed by atoms with van der Waals surface area (Å²) in [4.78, 5) is 27.9. The molecule has 2 N–H and O–H groups in total. The maximum atomic E-state index is 13.2. The van der Waals surface area contributed by atoms with Gasteiger partial charge in [0.05, 0.1) is 10.6 Å². The fourth-order valence-electron chi connectivity index (χ4n) is 4.45. The molecule has 0 aromatic heterocycles. The average Bonchev–Trinajstić information content (AvgIpc) is 3.16. The zero-order chi connectivity index (χ0) is 31.9. The molecule has 45 heavy (non-hydrogen) atoms. The Hall–Kier alpha value is -1.48. The topological polar surface area (TPSA) is 212 Å². The first-order valence-corrected chi connectivity index (χ1v) is 15.2. The molecule has 2 heterocycles. The van der Waals surface area contributed by atoms with Crippen LogP contribution < -0.4 is 73.4 Å². The van der Waals surface area contributed by atoms with E-state index in [1.54, 1.807) is 12.1 Å². The van der Waals surface area contributed by atoms with Crippen LogP contribution in [0.25, 0.3) is 0 Å². The Morgan fingerprint density at radius 1 is 1.04 bits per heavy atom. The van der Waals surface area contributed by atoms with Crippen LogP contribution in [-0.2, 0) is 31.1 Å². The molecule has 14 nitrogen and oxygen atoms in total. The number of ether oxygens (including phenoxy) is 2. The number of nitrogens with zero attached hydrogens (tertiary/aromatic N) is 1. The van der Waals surface area contributed by atoms with E-state index in [1.165, 1.54) is 24.3 Å². The smallest absolute Gasteiger partial charge is 0.726 e. The third-order valence-electron chi connectivity index (χ3n) is 6.05. The van der Waals surface area contributed by atoms with Crippen molar-refractivity contribution in [2.24, 2.45) is 0 Å². The zero-order valence-corrected chi connectivity index (χ0v) is 31.1. The molecule has 2 aliphatic rings. The number of likely N-dealkylation sites (N-methyl/N-ethyl adjacent to an activating group) is 1. The van der Waals surface area contributed by atoms with Crippen molar-refractivity contribution in [3.05, 3.63) is 86.4 Å². The number of carbonyl (C=O) groups excluding carboxylic acids is 2. The molecule has 0 saturated heterocycles. The van der Waals surface area contributed by atoms with Gasteiger partial charge < -0.3 is 33.0 Å². The van der Waals surface area contributed by atoms with E-state index in [2.05, 4.69) is 15.6 Å². The van der Waals surface area contributed by atoms with Gasteiger partial charge in [-0.2, -0.15) is 6.07 Å². The van der Waals surface area contributed by atoms with Gasteiger partial charge in [0.25, 0.3) is 16.3 Å². The molecule has 0 radical (unpaired) electrons. The normalized spacial score (nSPS) is 16.0. The van der Waals surface area contributed by atoms with Crippen molar-refractivity contribution >= 4 is 55.9 Å². The Bertz CT molecular complexity index is 1850. The summed E-state index contributed by atoms with van der Waals surface area (Å²) in [5.74, 6) is -1.33. The van der Waals surface area contributed by atoms with Crippen LogP contribution in [0.2, 0.25) is 10.0 Å². The molecule has 1 atom stereocenters. The second-order valence-electron chi connectivity index (χ2n) is 9.25. The van der Waals surface area contributed by atoms with Crippen molar-refractivity contribution < 1.29 is 113 Å². The monoisotopic (exact) mass is 719 g/mol. The van der Waals surface area contributed by atoms with Gasteiger partial charge in [-0.25, -0.2) is 21.6 Å². The van der Waals surface area contributed by atoms with E-state index in [4.69, 9.17) is 50.2 Å². The van der Waals surface area contributed by atoms with E-state index < -0.39 is 38.1 Å². The summed E-state index contributed by atoms with van der Waals surface area (Å²) in [6, 6.07) is 12.7. The van der Waals surface area contributed by atoms with Crippen molar-refractivity contribution in [3.63, 3.8) is 0 Å². The van der Waals surface area contributed by atoms with Crippen LogP contribution in [0.5, 0.6) is 17.2 Å². The van der Waals surface area contributed by atoms with Crippen LogP contribution in [0.15, 0.2) is 42.5 Å². The molecule has 2 aliphatic heterocycles. The predicted molar refractivity (Wildman–Crippen MR) is 147 cm³/mol. The summed E-state index contributed by atoms with van der Waals surface area (Å²) in [7, 11) is -6.30. The van der Waals surface area contributed by atoms with E-state index >= 15 is 0 Å². The Kier molecular flexibility index (Phi) is 13.4. The number of esters is 1. The summed E-state index contributed by atoms with van der Waals surface area (Å²) in [5.41, 5.74) is -0.278. The second-order valence-corrected chi connectivity index (χ2v) is 11.9. The van der Waals surface area contributed by atoms with Gasteiger partial charge in [-0.1, -0.05) is 28.3 Å². The van der Waals surface area contributed by atoms with Crippen LogP contribution in [0.3, 0.4) is 0 Å². The van der Waals surface area contributed by atoms with E-state index in [0.717, 1.165) is 6.07 Å². The first-order chi connectivity index (χ1) is 19.9. The zero-order valence-electron chi connectivity index (χ0n) is 23.9. The maximum absolute atomic E-state index is 13.2. The van der Waals surface area contributed by atoms with Crippen molar-refractivity contribution in [1.82, 2.24) is 10.2 Å². The van der Waals surface area contributed by atoms with Gasteiger partial charge in [0, 0.05) is 41.6 Å². The second kappa shape index (κ2) is 15.2. The minimum absolute atomic E-state index is 0. The van der Waals surface area contributed by atoms with Crippen LogP contribution >= 0.6 is 23.2 Å². The number of amides is 1. The molecule has 0 saturated carbocycles. The van der Waals surface area contributed by atoms with Crippen LogP contribution in [0, 0.1) is 6.07 Å². The van der Waals surface area contributed by atoms with Crippen LogP contribution in [-0.4, -0.2) is 74.5 Å². The Morgan fingerprint density at radius 2 is 1.67 bits per heavy atom. The number of hydrogen-bond acceptors (Lipinski definition) is 12. The maximum Gasteiger partial charge on any atom is 1.00 e. The number of rotatable bonds is 6. The third kappa shape index (κ3) is 9.33. The van der Waals surface area contributed by atoms with Crippen molar-refractivity contribution in [2.45, 2.75) is 5.60 Å². The Morgan fingerprint density at radius 3 is 2.27 bits per heavy atom. The summed E-state index contributed by atoms with van der Waals surface area (Å²) >= 11 is 12.5. The summed E-state index contributed by atoms with van der Waals surface area (Å²) in [6.45, 7) is 1.04. The number of benzene rings is 3. The number of hydrogen-bond donors (Lipinski definition) is 2. The number of carbonyl (C=O) groups is 2. The minimum Gasteiger partial charge on any atom is -0.726 e. The third-order valence-corrected chi connectivity index (χ3v) is 6.95. The first-order valence-electron chi connectivity index (χ1n) is 11.8. The van der Waals surface area contributed by atoms with Crippen molar-refractivity contribution in [1.29, 1.82) is 0 Å². The van der Waals surface area contributed by atoms with Gasteiger partial charge in [0.1, 0.15) is 5.75 Å².